The molecule has 2 aromatic carbocycles. The van der Waals surface area contributed by atoms with E-state index in [-0.39, 0.29) is 11.6 Å². The van der Waals surface area contributed by atoms with Crippen molar-refractivity contribution >= 4 is 34.6 Å². The molecule has 3 nitrogen and oxygen atoms in total. The number of hydrogen-bond donors (Lipinski definition) is 0. The second-order valence-corrected chi connectivity index (χ2v) is 6.82. The van der Waals surface area contributed by atoms with E-state index in [0.29, 0.717) is 39.9 Å². The van der Waals surface area contributed by atoms with Crippen LogP contribution in [-0.4, -0.2) is 17.3 Å². The number of hydrogen-bond acceptors (Lipinski definition) is 3. The Hall–Kier alpha value is -2.26. The second-order valence-electron chi connectivity index (χ2n) is 6.38. The van der Waals surface area contributed by atoms with E-state index in [0.717, 1.165) is 0 Å². The maximum atomic E-state index is 12.8. The minimum atomic E-state index is -0.805. The molecule has 0 saturated carbocycles. The van der Waals surface area contributed by atoms with Crippen LogP contribution in [0.2, 0.25) is 5.02 Å². The lowest BCUT2D eigenvalue weighted by molar-refractivity contribution is 0.0882. The van der Waals surface area contributed by atoms with E-state index in [4.69, 9.17) is 11.6 Å². The summed E-state index contributed by atoms with van der Waals surface area (Å²) in [5, 5.41) is 0.625. The van der Waals surface area contributed by atoms with Crippen molar-refractivity contribution in [1.29, 1.82) is 0 Å². The number of aliphatic imine (C=N–C) groups is 1. The number of rotatable bonds is 4. The first-order valence-electron chi connectivity index (χ1n) is 7.98. The summed E-state index contributed by atoms with van der Waals surface area (Å²) < 4.78 is 0. The second kappa shape index (κ2) is 6.70. The Morgan fingerprint density at radius 1 is 1.00 bits per heavy atom. The molecule has 0 saturated heterocycles. The third-order valence-electron chi connectivity index (χ3n) is 4.03. The molecule has 0 spiro atoms. The van der Waals surface area contributed by atoms with Gasteiger partial charge in [-0.15, -0.1) is 0 Å². The van der Waals surface area contributed by atoms with Crippen LogP contribution in [0, 0.1) is 11.8 Å². The van der Waals surface area contributed by atoms with Crippen LogP contribution < -0.4 is 0 Å². The molecule has 0 fully saturated rings. The predicted octanol–water partition coefficient (Wildman–Crippen LogP) is 5.15. The van der Waals surface area contributed by atoms with Gasteiger partial charge in [-0.2, -0.15) is 0 Å². The molecule has 0 bridgehead atoms. The lowest BCUT2D eigenvalue weighted by Crippen LogP contribution is -2.26. The SMILES string of the molecule is CC(C)CC(=Nc1ccc(Cl)cc1)C1C(=O)c2ccccc2C1=O. The molecule has 1 aliphatic carbocycles. The van der Waals surface area contributed by atoms with E-state index < -0.39 is 5.92 Å². The molecular formula is C20H18ClNO2. The monoisotopic (exact) mass is 339 g/mol. The van der Waals surface area contributed by atoms with E-state index in [1.54, 1.807) is 48.5 Å². The van der Waals surface area contributed by atoms with Gasteiger partial charge in [-0.25, -0.2) is 0 Å². The van der Waals surface area contributed by atoms with Gasteiger partial charge in [-0.3, -0.25) is 14.6 Å². The maximum absolute atomic E-state index is 12.8. The quantitative estimate of drug-likeness (QED) is 0.571. The van der Waals surface area contributed by atoms with Crippen LogP contribution in [0.15, 0.2) is 53.5 Å². The zero-order valence-corrected chi connectivity index (χ0v) is 14.4. The summed E-state index contributed by atoms with van der Waals surface area (Å²) in [6.07, 6.45) is 0.596. The molecule has 0 radical (unpaired) electrons. The van der Waals surface area contributed by atoms with Crippen LogP contribution >= 0.6 is 11.6 Å². The van der Waals surface area contributed by atoms with Crippen molar-refractivity contribution in [3.05, 3.63) is 64.7 Å². The molecule has 24 heavy (non-hydrogen) atoms. The van der Waals surface area contributed by atoms with Gasteiger partial charge < -0.3 is 0 Å². The number of carbonyl (C=O) groups is 2. The molecule has 1 aliphatic rings. The van der Waals surface area contributed by atoms with Crippen LogP contribution in [-0.2, 0) is 0 Å². The molecule has 122 valence electrons. The molecule has 4 heteroatoms. The fraction of sp³-hybridized carbons (Fsp3) is 0.250. The molecule has 0 aliphatic heterocycles. The summed E-state index contributed by atoms with van der Waals surface area (Å²) >= 11 is 5.91. The van der Waals surface area contributed by atoms with Crippen LogP contribution in [0.1, 0.15) is 41.0 Å². The highest BCUT2D eigenvalue weighted by atomic mass is 35.5. The Morgan fingerprint density at radius 2 is 1.54 bits per heavy atom. The van der Waals surface area contributed by atoms with Crippen molar-refractivity contribution in [2.24, 2.45) is 16.8 Å². The van der Waals surface area contributed by atoms with Gasteiger partial charge in [0.05, 0.1) is 5.69 Å². The van der Waals surface area contributed by atoms with Crippen LogP contribution in [0.4, 0.5) is 5.69 Å². The number of halogens is 1. The highest BCUT2D eigenvalue weighted by molar-refractivity contribution is 6.36. The normalized spacial score (nSPS) is 15.2. The molecule has 0 atom stereocenters. The molecule has 0 N–H and O–H groups in total. The third kappa shape index (κ3) is 3.17. The van der Waals surface area contributed by atoms with E-state index in [1.165, 1.54) is 0 Å². The van der Waals surface area contributed by atoms with Crippen LogP contribution in [0.25, 0.3) is 0 Å². The van der Waals surface area contributed by atoms with Gasteiger partial charge in [0.15, 0.2) is 11.6 Å². The minimum Gasteiger partial charge on any atom is -0.293 e. The Labute approximate surface area is 146 Å². The van der Waals surface area contributed by atoms with Gasteiger partial charge in [0, 0.05) is 21.9 Å². The van der Waals surface area contributed by atoms with E-state index in [9.17, 15) is 9.59 Å². The number of carbonyl (C=O) groups excluding carboxylic acids is 2. The van der Waals surface area contributed by atoms with E-state index in [2.05, 4.69) is 18.8 Å². The fourth-order valence-electron chi connectivity index (χ4n) is 2.97. The highest BCUT2D eigenvalue weighted by Crippen LogP contribution is 2.31. The van der Waals surface area contributed by atoms with Gasteiger partial charge in [0.1, 0.15) is 5.92 Å². The fourth-order valence-corrected chi connectivity index (χ4v) is 3.10. The molecular weight excluding hydrogens is 322 g/mol. The van der Waals surface area contributed by atoms with Gasteiger partial charge in [0.25, 0.3) is 0 Å². The molecule has 2 aromatic rings. The van der Waals surface area contributed by atoms with Crippen molar-refractivity contribution in [2.45, 2.75) is 20.3 Å². The van der Waals surface area contributed by atoms with Gasteiger partial charge >= 0.3 is 0 Å². The summed E-state index contributed by atoms with van der Waals surface area (Å²) in [5.41, 5.74) is 2.32. The molecule has 0 heterocycles. The summed E-state index contributed by atoms with van der Waals surface area (Å²) in [7, 11) is 0. The van der Waals surface area contributed by atoms with E-state index in [1.807, 2.05) is 0 Å². The van der Waals surface area contributed by atoms with Crippen LogP contribution in [0.5, 0.6) is 0 Å². The smallest absolute Gasteiger partial charge is 0.180 e. The molecule has 0 aromatic heterocycles. The average Bonchev–Trinajstić information content (AvgIpc) is 2.80. The van der Waals surface area contributed by atoms with Crippen molar-refractivity contribution < 1.29 is 9.59 Å². The van der Waals surface area contributed by atoms with Gasteiger partial charge in [0.2, 0.25) is 0 Å². The first-order chi connectivity index (χ1) is 11.5. The largest absolute Gasteiger partial charge is 0.293 e. The number of benzene rings is 2. The lowest BCUT2D eigenvalue weighted by Gasteiger charge is -2.14. The summed E-state index contributed by atoms with van der Waals surface area (Å²) in [6.45, 7) is 4.10. The number of ketones is 2. The van der Waals surface area contributed by atoms with Crippen molar-refractivity contribution in [2.75, 3.05) is 0 Å². The number of nitrogens with zero attached hydrogens (tertiary/aromatic N) is 1. The Bertz CT molecular complexity index is 787. The van der Waals surface area contributed by atoms with Gasteiger partial charge in [-0.05, 0) is 36.6 Å². The summed E-state index contributed by atoms with van der Waals surface area (Å²) in [6, 6.07) is 14.1. The molecule has 0 amide bonds. The topological polar surface area (TPSA) is 46.5 Å². The predicted molar refractivity (Wildman–Crippen MR) is 96.6 cm³/mol. The standard InChI is InChI=1S/C20H18ClNO2/c1-12(2)11-17(22-14-9-7-13(21)8-10-14)18-19(23)15-5-3-4-6-16(15)20(18)24/h3-10,12,18H,11H2,1-2H3. The summed E-state index contributed by atoms with van der Waals surface area (Å²) in [5.74, 6) is -0.811. The lowest BCUT2D eigenvalue weighted by atomic mass is 9.91. The first-order valence-corrected chi connectivity index (χ1v) is 8.35. The van der Waals surface area contributed by atoms with Gasteiger partial charge in [-0.1, -0.05) is 49.7 Å². The maximum Gasteiger partial charge on any atom is 0.180 e. The Balaban J connectivity index is 2.03. The van der Waals surface area contributed by atoms with Crippen LogP contribution in [0.3, 0.4) is 0 Å². The minimum absolute atomic E-state index is 0.149. The summed E-state index contributed by atoms with van der Waals surface area (Å²) in [4.78, 5) is 30.1. The molecule has 3 rings (SSSR count). The van der Waals surface area contributed by atoms with E-state index >= 15 is 0 Å². The first kappa shape index (κ1) is 16.6. The van der Waals surface area contributed by atoms with Crippen molar-refractivity contribution in [1.82, 2.24) is 0 Å². The highest BCUT2D eigenvalue weighted by Gasteiger charge is 2.41. The Morgan fingerprint density at radius 3 is 2.04 bits per heavy atom. The van der Waals surface area contributed by atoms with Crippen molar-refractivity contribution in [3.8, 4) is 0 Å². The van der Waals surface area contributed by atoms with Crippen molar-refractivity contribution in [3.63, 3.8) is 0 Å². The third-order valence-corrected chi connectivity index (χ3v) is 4.28. The average molecular weight is 340 g/mol. The zero-order valence-electron chi connectivity index (χ0n) is 13.6. The number of Topliss-reactive ketones (excluding diaryl/α,β-unsaturated/α-hetero) is 2. The molecule has 0 unspecified atom stereocenters. The number of fused-ring (bicyclic) bond motifs is 1. The Kier molecular flexibility index (Phi) is 4.63. The zero-order chi connectivity index (χ0) is 17.3.